The third kappa shape index (κ3) is 2.80. The molecule has 0 saturated carbocycles. The van der Waals surface area contributed by atoms with Gasteiger partial charge in [-0.2, -0.15) is 0 Å². The van der Waals surface area contributed by atoms with Crippen LogP contribution in [0.25, 0.3) is 0 Å². The first-order valence-electron chi connectivity index (χ1n) is 6.43. The molecule has 1 aromatic carbocycles. The van der Waals surface area contributed by atoms with Crippen LogP contribution in [0.2, 0.25) is 0 Å². The molecule has 2 atom stereocenters. The highest BCUT2D eigenvalue weighted by Crippen LogP contribution is 2.23. The summed E-state index contributed by atoms with van der Waals surface area (Å²) in [4.78, 5) is 2.08. The maximum atomic E-state index is 13.3. The quantitative estimate of drug-likeness (QED) is 0.873. The summed E-state index contributed by atoms with van der Waals surface area (Å²) in [6.07, 6.45) is 0. The molecular formula is C14H20F2N2. The molecular weight excluding hydrogens is 234 g/mol. The number of hydrogen-bond donors (Lipinski definition) is 1. The monoisotopic (exact) mass is 254 g/mol. The SMILES string of the molecule is CC(C)C1CN(c2cc(F)cc(F)c2)C(C)CN1. The molecule has 2 rings (SSSR count). The van der Waals surface area contributed by atoms with Crippen molar-refractivity contribution in [2.75, 3.05) is 18.0 Å². The molecule has 2 nitrogen and oxygen atoms in total. The van der Waals surface area contributed by atoms with Gasteiger partial charge in [0.25, 0.3) is 0 Å². The molecule has 0 aliphatic carbocycles. The van der Waals surface area contributed by atoms with Gasteiger partial charge in [0.15, 0.2) is 0 Å². The summed E-state index contributed by atoms with van der Waals surface area (Å²) >= 11 is 0. The number of anilines is 1. The van der Waals surface area contributed by atoms with Gasteiger partial charge < -0.3 is 10.2 Å². The van der Waals surface area contributed by atoms with Crippen LogP contribution in [0.4, 0.5) is 14.5 Å². The average molecular weight is 254 g/mol. The minimum atomic E-state index is -0.517. The molecule has 0 bridgehead atoms. The fraction of sp³-hybridized carbons (Fsp3) is 0.571. The third-order valence-electron chi connectivity index (χ3n) is 3.58. The highest BCUT2D eigenvalue weighted by Gasteiger charge is 2.27. The van der Waals surface area contributed by atoms with Gasteiger partial charge in [-0.3, -0.25) is 0 Å². The van der Waals surface area contributed by atoms with Gasteiger partial charge in [-0.05, 0) is 25.0 Å². The van der Waals surface area contributed by atoms with Crippen molar-refractivity contribution in [2.24, 2.45) is 5.92 Å². The highest BCUT2D eigenvalue weighted by molar-refractivity contribution is 5.48. The predicted molar refractivity (Wildman–Crippen MR) is 69.8 cm³/mol. The molecule has 0 aromatic heterocycles. The van der Waals surface area contributed by atoms with E-state index in [0.717, 1.165) is 19.2 Å². The van der Waals surface area contributed by atoms with Crippen molar-refractivity contribution in [3.63, 3.8) is 0 Å². The second-order valence-corrected chi connectivity index (χ2v) is 5.39. The van der Waals surface area contributed by atoms with Gasteiger partial charge in [0, 0.05) is 36.9 Å². The zero-order chi connectivity index (χ0) is 13.3. The number of nitrogens with one attached hydrogen (secondary N) is 1. The fourth-order valence-electron chi connectivity index (χ4n) is 2.40. The van der Waals surface area contributed by atoms with E-state index < -0.39 is 11.6 Å². The van der Waals surface area contributed by atoms with Crippen molar-refractivity contribution in [1.29, 1.82) is 0 Å². The van der Waals surface area contributed by atoms with E-state index in [4.69, 9.17) is 0 Å². The maximum absolute atomic E-state index is 13.3. The van der Waals surface area contributed by atoms with Gasteiger partial charge >= 0.3 is 0 Å². The van der Waals surface area contributed by atoms with E-state index in [-0.39, 0.29) is 6.04 Å². The van der Waals surface area contributed by atoms with Crippen LogP contribution < -0.4 is 10.2 Å². The van der Waals surface area contributed by atoms with E-state index in [1.54, 1.807) is 0 Å². The third-order valence-corrected chi connectivity index (χ3v) is 3.58. The van der Waals surface area contributed by atoms with E-state index in [1.807, 2.05) is 0 Å². The number of halogens is 2. The lowest BCUT2D eigenvalue weighted by molar-refractivity contribution is 0.336. The second kappa shape index (κ2) is 5.22. The van der Waals surface area contributed by atoms with Gasteiger partial charge in [0.1, 0.15) is 11.6 Å². The minimum absolute atomic E-state index is 0.237. The Kier molecular flexibility index (Phi) is 3.85. The van der Waals surface area contributed by atoms with Crippen LogP contribution in [0.3, 0.4) is 0 Å². The Morgan fingerprint density at radius 2 is 1.83 bits per heavy atom. The number of nitrogens with zero attached hydrogens (tertiary/aromatic N) is 1. The summed E-state index contributed by atoms with van der Waals surface area (Å²) in [6, 6.07) is 4.31. The Balaban J connectivity index is 2.23. The van der Waals surface area contributed by atoms with Crippen LogP contribution in [0.5, 0.6) is 0 Å². The number of piperazine rings is 1. The first-order valence-corrected chi connectivity index (χ1v) is 6.43. The zero-order valence-electron chi connectivity index (χ0n) is 11.1. The van der Waals surface area contributed by atoms with Gasteiger partial charge in [-0.25, -0.2) is 8.78 Å². The highest BCUT2D eigenvalue weighted by atomic mass is 19.1. The second-order valence-electron chi connectivity index (χ2n) is 5.39. The fourth-order valence-corrected chi connectivity index (χ4v) is 2.40. The molecule has 2 unspecified atom stereocenters. The topological polar surface area (TPSA) is 15.3 Å². The van der Waals surface area contributed by atoms with E-state index in [1.165, 1.54) is 12.1 Å². The molecule has 100 valence electrons. The first kappa shape index (κ1) is 13.3. The first-order chi connectivity index (χ1) is 8.47. The van der Waals surface area contributed by atoms with E-state index in [2.05, 4.69) is 31.0 Å². The van der Waals surface area contributed by atoms with Crippen molar-refractivity contribution in [2.45, 2.75) is 32.9 Å². The molecule has 18 heavy (non-hydrogen) atoms. The predicted octanol–water partition coefficient (Wildman–Crippen LogP) is 2.79. The van der Waals surface area contributed by atoms with E-state index in [0.29, 0.717) is 17.6 Å². The van der Waals surface area contributed by atoms with Crippen molar-refractivity contribution in [3.05, 3.63) is 29.8 Å². The smallest absolute Gasteiger partial charge is 0.128 e. The summed E-state index contributed by atoms with van der Waals surface area (Å²) in [5.74, 6) is -0.535. The van der Waals surface area contributed by atoms with E-state index in [9.17, 15) is 8.78 Å². The van der Waals surface area contributed by atoms with E-state index >= 15 is 0 Å². The number of hydrogen-bond acceptors (Lipinski definition) is 2. The van der Waals surface area contributed by atoms with Crippen LogP contribution in [0.15, 0.2) is 18.2 Å². The Hall–Kier alpha value is -1.16. The molecule has 0 radical (unpaired) electrons. The molecule has 1 fully saturated rings. The summed E-state index contributed by atoms with van der Waals surface area (Å²) < 4.78 is 26.6. The zero-order valence-corrected chi connectivity index (χ0v) is 11.1. The Morgan fingerprint density at radius 3 is 2.39 bits per heavy atom. The Bertz CT molecular complexity index is 400. The van der Waals surface area contributed by atoms with Gasteiger partial charge in [0.05, 0.1) is 0 Å². The van der Waals surface area contributed by atoms with Gasteiger partial charge in [0.2, 0.25) is 0 Å². The summed E-state index contributed by atoms with van der Waals surface area (Å²) in [5, 5.41) is 3.47. The molecule has 1 aliphatic heterocycles. The normalized spacial score (nSPS) is 24.7. The van der Waals surface area contributed by atoms with Gasteiger partial charge in [-0.1, -0.05) is 13.8 Å². The number of benzene rings is 1. The van der Waals surface area contributed by atoms with Crippen molar-refractivity contribution in [1.82, 2.24) is 5.32 Å². The lowest BCUT2D eigenvalue weighted by Crippen LogP contribution is -2.57. The molecule has 0 amide bonds. The largest absolute Gasteiger partial charge is 0.366 e. The average Bonchev–Trinajstić information content (AvgIpc) is 2.27. The molecule has 1 saturated heterocycles. The Labute approximate surface area is 107 Å². The maximum Gasteiger partial charge on any atom is 0.128 e. The van der Waals surface area contributed by atoms with Crippen molar-refractivity contribution < 1.29 is 8.78 Å². The molecule has 1 heterocycles. The lowest BCUT2D eigenvalue weighted by Gasteiger charge is -2.42. The number of rotatable bonds is 2. The molecule has 1 N–H and O–H groups in total. The van der Waals surface area contributed by atoms with Crippen molar-refractivity contribution >= 4 is 5.69 Å². The molecule has 4 heteroatoms. The summed E-state index contributed by atoms with van der Waals surface area (Å²) in [7, 11) is 0. The molecule has 0 spiro atoms. The summed E-state index contributed by atoms with van der Waals surface area (Å²) in [6.45, 7) is 7.98. The Morgan fingerprint density at radius 1 is 1.22 bits per heavy atom. The summed E-state index contributed by atoms with van der Waals surface area (Å²) in [5.41, 5.74) is 0.632. The molecule has 1 aromatic rings. The van der Waals surface area contributed by atoms with Crippen LogP contribution in [-0.4, -0.2) is 25.2 Å². The van der Waals surface area contributed by atoms with Crippen LogP contribution in [0, 0.1) is 17.6 Å². The van der Waals surface area contributed by atoms with Crippen LogP contribution in [-0.2, 0) is 0 Å². The van der Waals surface area contributed by atoms with Crippen LogP contribution >= 0.6 is 0 Å². The lowest BCUT2D eigenvalue weighted by atomic mass is 9.99. The standard InChI is InChI=1S/C14H20F2N2/c1-9(2)14-8-18(10(3)7-17-14)13-5-11(15)4-12(16)6-13/h4-6,9-10,14,17H,7-8H2,1-3H3. The van der Waals surface area contributed by atoms with Crippen LogP contribution in [0.1, 0.15) is 20.8 Å². The van der Waals surface area contributed by atoms with Gasteiger partial charge in [-0.15, -0.1) is 0 Å². The molecule has 1 aliphatic rings. The minimum Gasteiger partial charge on any atom is -0.366 e. The van der Waals surface area contributed by atoms with Crippen molar-refractivity contribution in [3.8, 4) is 0 Å².